The van der Waals surface area contributed by atoms with Gasteiger partial charge in [0.2, 0.25) is 0 Å². The van der Waals surface area contributed by atoms with E-state index in [2.05, 4.69) is 40.1 Å². The van der Waals surface area contributed by atoms with Gasteiger partial charge in [0.15, 0.2) is 0 Å². The van der Waals surface area contributed by atoms with Crippen LogP contribution in [-0.2, 0) is 0 Å². The monoisotopic (exact) mass is 185 g/mol. The molecule has 0 rings (SSSR count). The summed E-state index contributed by atoms with van der Waals surface area (Å²) in [5, 5.41) is 3.37. The Morgan fingerprint density at radius 3 is 2.08 bits per heavy atom. The summed E-state index contributed by atoms with van der Waals surface area (Å²) in [5.41, 5.74) is 0. The van der Waals surface area contributed by atoms with Crippen molar-refractivity contribution in [2.45, 2.75) is 59.4 Å². The van der Waals surface area contributed by atoms with Crippen LogP contribution in [0.5, 0.6) is 0 Å². The summed E-state index contributed by atoms with van der Waals surface area (Å²) in [5.74, 6) is 1.65. The Labute approximate surface area is 84.3 Å². The van der Waals surface area contributed by atoms with E-state index in [4.69, 9.17) is 0 Å². The molecule has 0 aliphatic heterocycles. The van der Waals surface area contributed by atoms with Crippen LogP contribution in [0.25, 0.3) is 0 Å². The van der Waals surface area contributed by atoms with Gasteiger partial charge in [-0.05, 0) is 32.2 Å². The zero-order valence-corrected chi connectivity index (χ0v) is 10.1. The Balaban J connectivity index is 3.80. The zero-order valence-electron chi connectivity index (χ0n) is 10.1. The van der Waals surface area contributed by atoms with Crippen molar-refractivity contribution in [3.8, 4) is 0 Å². The molecule has 13 heavy (non-hydrogen) atoms. The molecule has 0 amide bonds. The minimum Gasteiger partial charge on any atom is -0.317 e. The van der Waals surface area contributed by atoms with Crippen LogP contribution in [0.3, 0.4) is 0 Å². The van der Waals surface area contributed by atoms with E-state index in [1.54, 1.807) is 0 Å². The van der Waals surface area contributed by atoms with Gasteiger partial charge in [0.25, 0.3) is 0 Å². The van der Waals surface area contributed by atoms with E-state index in [1.165, 1.54) is 25.7 Å². The van der Waals surface area contributed by atoms with Crippen molar-refractivity contribution in [2.75, 3.05) is 7.05 Å². The van der Waals surface area contributed by atoms with Crippen LogP contribution in [-0.4, -0.2) is 13.1 Å². The Kier molecular flexibility index (Phi) is 7.35. The molecule has 0 saturated carbocycles. The van der Waals surface area contributed by atoms with Crippen LogP contribution < -0.4 is 5.32 Å². The van der Waals surface area contributed by atoms with Crippen molar-refractivity contribution in [1.82, 2.24) is 5.32 Å². The molecule has 0 fully saturated rings. The molecule has 0 radical (unpaired) electrons. The van der Waals surface area contributed by atoms with E-state index < -0.39 is 0 Å². The second-order valence-electron chi connectivity index (χ2n) is 4.48. The van der Waals surface area contributed by atoms with E-state index in [9.17, 15) is 0 Å². The summed E-state index contributed by atoms with van der Waals surface area (Å²) in [4.78, 5) is 0. The maximum absolute atomic E-state index is 3.37. The number of hydrogen-bond acceptors (Lipinski definition) is 1. The summed E-state index contributed by atoms with van der Waals surface area (Å²) in [7, 11) is 2.07. The topological polar surface area (TPSA) is 12.0 Å². The molecule has 80 valence electrons. The molecular weight excluding hydrogens is 158 g/mol. The van der Waals surface area contributed by atoms with Gasteiger partial charge in [-0.1, -0.05) is 40.0 Å². The van der Waals surface area contributed by atoms with Crippen LogP contribution in [0.15, 0.2) is 0 Å². The average Bonchev–Trinajstić information content (AvgIpc) is 2.11. The molecule has 1 N–H and O–H groups in total. The van der Waals surface area contributed by atoms with Crippen molar-refractivity contribution in [2.24, 2.45) is 11.8 Å². The third-order valence-electron chi connectivity index (χ3n) is 3.09. The number of hydrogen-bond donors (Lipinski definition) is 1. The Morgan fingerprint density at radius 1 is 1.08 bits per heavy atom. The van der Waals surface area contributed by atoms with Gasteiger partial charge in [-0.3, -0.25) is 0 Å². The van der Waals surface area contributed by atoms with Crippen LogP contribution in [0, 0.1) is 11.8 Å². The van der Waals surface area contributed by atoms with E-state index in [-0.39, 0.29) is 0 Å². The highest BCUT2D eigenvalue weighted by Gasteiger charge is 2.18. The smallest absolute Gasteiger partial charge is 0.00664 e. The highest BCUT2D eigenvalue weighted by Crippen LogP contribution is 2.22. The second-order valence-corrected chi connectivity index (χ2v) is 4.48. The quantitative estimate of drug-likeness (QED) is 0.599. The van der Waals surface area contributed by atoms with Gasteiger partial charge in [0.05, 0.1) is 0 Å². The molecule has 0 spiro atoms. The normalized spacial score (nSPS) is 16.2. The van der Waals surface area contributed by atoms with Crippen LogP contribution >= 0.6 is 0 Å². The molecule has 0 saturated heterocycles. The summed E-state index contributed by atoms with van der Waals surface area (Å²) >= 11 is 0. The zero-order chi connectivity index (χ0) is 10.3. The predicted octanol–water partition coefficient (Wildman–Crippen LogP) is 3.45. The van der Waals surface area contributed by atoms with Crippen LogP contribution in [0.2, 0.25) is 0 Å². The molecule has 0 aromatic rings. The lowest BCUT2D eigenvalue weighted by atomic mass is 9.85. The maximum atomic E-state index is 3.37. The fraction of sp³-hybridized carbons (Fsp3) is 1.00. The van der Waals surface area contributed by atoms with Crippen LogP contribution in [0.4, 0.5) is 0 Å². The van der Waals surface area contributed by atoms with E-state index >= 15 is 0 Å². The molecule has 1 heteroatoms. The van der Waals surface area contributed by atoms with Gasteiger partial charge in [0.1, 0.15) is 0 Å². The summed E-state index contributed by atoms with van der Waals surface area (Å²) in [6.07, 6.45) is 5.50. The minimum atomic E-state index is 0.664. The summed E-state index contributed by atoms with van der Waals surface area (Å²) in [6, 6.07) is 0.664. The molecule has 0 aliphatic carbocycles. The molecule has 2 unspecified atom stereocenters. The third-order valence-corrected chi connectivity index (χ3v) is 3.09. The lowest BCUT2D eigenvalue weighted by molar-refractivity contribution is 0.276. The molecule has 1 nitrogen and oxygen atoms in total. The Bertz CT molecular complexity index is 110. The van der Waals surface area contributed by atoms with Gasteiger partial charge in [-0.15, -0.1) is 0 Å². The van der Waals surface area contributed by atoms with Gasteiger partial charge in [-0.2, -0.15) is 0 Å². The van der Waals surface area contributed by atoms with Crippen molar-refractivity contribution < 1.29 is 0 Å². The van der Waals surface area contributed by atoms with E-state index in [0.29, 0.717) is 6.04 Å². The van der Waals surface area contributed by atoms with Gasteiger partial charge >= 0.3 is 0 Å². The highest BCUT2D eigenvalue weighted by atomic mass is 14.9. The van der Waals surface area contributed by atoms with Gasteiger partial charge in [-0.25, -0.2) is 0 Å². The number of nitrogens with one attached hydrogen (secondary N) is 1. The third kappa shape index (κ3) is 5.30. The average molecular weight is 185 g/mol. The van der Waals surface area contributed by atoms with Crippen molar-refractivity contribution >= 4 is 0 Å². The lowest BCUT2D eigenvalue weighted by Crippen LogP contribution is -2.33. The molecule has 2 atom stereocenters. The predicted molar refractivity (Wildman–Crippen MR) is 61.0 cm³/mol. The molecule has 0 bridgehead atoms. The SMILES string of the molecule is CCCCCC(C(C)C)C(C)NC. The first kappa shape index (κ1) is 13.0. The van der Waals surface area contributed by atoms with Crippen molar-refractivity contribution in [3.63, 3.8) is 0 Å². The van der Waals surface area contributed by atoms with Gasteiger partial charge < -0.3 is 5.32 Å². The van der Waals surface area contributed by atoms with E-state index in [0.717, 1.165) is 11.8 Å². The molecule has 0 aromatic heterocycles. The summed E-state index contributed by atoms with van der Waals surface area (Å²) in [6.45, 7) is 9.25. The second kappa shape index (κ2) is 7.37. The standard InChI is InChI=1S/C12H27N/c1-6-7-8-9-12(10(2)3)11(4)13-5/h10-13H,6-9H2,1-5H3. The fourth-order valence-corrected chi connectivity index (χ4v) is 2.00. The number of unbranched alkanes of at least 4 members (excludes halogenated alkanes) is 2. The molecule has 0 heterocycles. The maximum Gasteiger partial charge on any atom is 0.00664 e. The van der Waals surface area contributed by atoms with Crippen molar-refractivity contribution in [3.05, 3.63) is 0 Å². The summed E-state index contributed by atoms with van der Waals surface area (Å²) < 4.78 is 0. The fourth-order valence-electron chi connectivity index (χ4n) is 2.00. The Hall–Kier alpha value is -0.0400. The largest absolute Gasteiger partial charge is 0.317 e. The Morgan fingerprint density at radius 2 is 1.69 bits per heavy atom. The van der Waals surface area contributed by atoms with Crippen molar-refractivity contribution in [1.29, 1.82) is 0 Å². The lowest BCUT2D eigenvalue weighted by Gasteiger charge is -2.27. The van der Waals surface area contributed by atoms with E-state index in [1.807, 2.05) is 0 Å². The highest BCUT2D eigenvalue weighted by molar-refractivity contribution is 4.73. The van der Waals surface area contributed by atoms with Gasteiger partial charge in [0, 0.05) is 6.04 Å². The molecule has 0 aromatic carbocycles. The minimum absolute atomic E-state index is 0.664. The van der Waals surface area contributed by atoms with Crippen LogP contribution in [0.1, 0.15) is 53.4 Å². The number of rotatable bonds is 7. The molecular formula is C12H27N. The molecule has 0 aliphatic rings. The first-order chi connectivity index (χ1) is 6.13. The first-order valence-electron chi connectivity index (χ1n) is 5.80. The first-order valence-corrected chi connectivity index (χ1v) is 5.80.